The van der Waals surface area contributed by atoms with Gasteiger partial charge in [-0.1, -0.05) is 0 Å². The second-order valence-electron chi connectivity index (χ2n) is 2.32. The predicted octanol–water partition coefficient (Wildman–Crippen LogP) is 1.98. The van der Waals surface area contributed by atoms with E-state index in [0.717, 1.165) is 5.56 Å². The molecule has 1 aromatic rings. The van der Waals surface area contributed by atoms with Gasteiger partial charge in [0, 0.05) is 6.07 Å². The van der Waals surface area contributed by atoms with Crippen LogP contribution in [0.2, 0.25) is 0 Å². The van der Waals surface area contributed by atoms with Gasteiger partial charge in [-0.05, 0) is 37.1 Å². The van der Waals surface area contributed by atoms with Gasteiger partial charge < -0.3 is 0 Å². The zero-order valence-electron chi connectivity index (χ0n) is 6.10. The zero-order chi connectivity index (χ0) is 7.56. The number of hydrogen-bond acceptors (Lipinski definition) is 1. The van der Waals surface area contributed by atoms with E-state index in [0.29, 0.717) is 5.56 Å². The second kappa shape index (κ2) is 2.53. The van der Waals surface area contributed by atoms with Crippen molar-refractivity contribution in [1.29, 1.82) is 5.26 Å². The van der Waals surface area contributed by atoms with Gasteiger partial charge in [0.25, 0.3) is 0 Å². The summed E-state index contributed by atoms with van der Waals surface area (Å²) in [5, 5.41) is 8.47. The van der Waals surface area contributed by atoms with Crippen LogP contribution >= 0.6 is 0 Å². The molecule has 1 nitrogen and oxygen atoms in total. The van der Waals surface area contributed by atoms with Crippen molar-refractivity contribution in [3.63, 3.8) is 0 Å². The summed E-state index contributed by atoms with van der Waals surface area (Å²) in [7, 11) is 0. The summed E-state index contributed by atoms with van der Waals surface area (Å²) in [4.78, 5) is 0. The van der Waals surface area contributed by atoms with E-state index in [4.69, 9.17) is 5.26 Å². The molecule has 10 heavy (non-hydrogen) atoms. The van der Waals surface area contributed by atoms with Crippen molar-refractivity contribution >= 4 is 0 Å². The number of nitriles is 1. The van der Waals surface area contributed by atoms with E-state index in [1.165, 1.54) is 5.56 Å². The molecule has 0 aromatic heterocycles. The molecule has 49 valence electrons. The molecular formula is C9H8N. The highest BCUT2D eigenvalue weighted by Crippen LogP contribution is 2.07. The molecule has 1 aromatic carbocycles. The highest BCUT2D eigenvalue weighted by Gasteiger charge is 1.93. The van der Waals surface area contributed by atoms with E-state index >= 15 is 0 Å². The van der Waals surface area contributed by atoms with Crippen molar-refractivity contribution in [2.75, 3.05) is 0 Å². The van der Waals surface area contributed by atoms with Gasteiger partial charge in [0.15, 0.2) is 0 Å². The smallest absolute Gasteiger partial charge is 0.0998 e. The molecule has 0 aliphatic carbocycles. The van der Waals surface area contributed by atoms with Crippen LogP contribution in [-0.2, 0) is 0 Å². The quantitative estimate of drug-likeness (QED) is 0.526. The monoisotopic (exact) mass is 130 g/mol. The van der Waals surface area contributed by atoms with Gasteiger partial charge in [0.05, 0.1) is 11.6 Å². The van der Waals surface area contributed by atoms with Crippen LogP contribution in [0.5, 0.6) is 0 Å². The van der Waals surface area contributed by atoms with Gasteiger partial charge in [-0.2, -0.15) is 5.26 Å². The van der Waals surface area contributed by atoms with Crippen molar-refractivity contribution in [2.24, 2.45) is 0 Å². The molecule has 1 heteroatoms. The van der Waals surface area contributed by atoms with E-state index < -0.39 is 0 Å². The van der Waals surface area contributed by atoms with Crippen LogP contribution in [0.3, 0.4) is 0 Å². The fraction of sp³-hybridized carbons (Fsp3) is 0.222. The highest BCUT2D eigenvalue weighted by molar-refractivity contribution is 5.35. The SMILES string of the molecule is Cc1c[c]c(C#N)cc1C. The van der Waals surface area contributed by atoms with Crippen LogP contribution < -0.4 is 0 Å². The Hall–Kier alpha value is -1.29. The van der Waals surface area contributed by atoms with Crippen molar-refractivity contribution in [2.45, 2.75) is 13.8 Å². The molecule has 0 unspecified atom stereocenters. The first-order valence-corrected chi connectivity index (χ1v) is 3.13. The Balaban J connectivity index is 3.20. The number of hydrogen-bond donors (Lipinski definition) is 0. The van der Waals surface area contributed by atoms with Gasteiger partial charge in [0.1, 0.15) is 0 Å². The predicted molar refractivity (Wildman–Crippen MR) is 39.5 cm³/mol. The zero-order valence-corrected chi connectivity index (χ0v) is 6.10. The molecule has 0 bridgehead atoms. The van der Waals surface area contributed by atoms with Gasteiger partial charge in [-0.15, -0.1) is 0 Å². The third kappa shape index (κ3) is 1.16. The number of rotatable bonds is 0. The molecule has 0 saturated carbocycles. The maximum Gasteiger partial charge on any atom is 0.0998 e. The normalized spacial score (nSPS) is 8.90. The van der Waals surface area contributed by atoms with E-state index in [9.17, 15) is 0 Å². The van der Waals surface area contributed by atoms with E-state index in [1.807, 2.05) is 32.0 Å². The first-order chi connectivity index (χ1) is 4.74. The second-order valence-corrected chi connectivity index (χ2v) is 2.32. The minimum atomic E-state index is 0.614. The third-order valence-electron chi connectivity index (χ3n) is 1.55. The Morgan fingerprint density at radius 3 is 2.60 bits per heavy atom. The fourth-order valence-corrected chi connectivity index (χ4v) is 0.736. The number of benzene rings is 1. The maximum absolute atomic E-state index is 8.47. The molecule has 0 aliphatic rings. The van der Waals surface area contributed by atoms with Crippen LogP contribution in [-0.4, -0.2) is 0 Å². The van der Waals surface area contributed by atoms with Crippen molar-refractivity contribution in [3.05, 3.63) is 34.9 Å². The lowest BCUT2D eigenvalue weighted by Crippen LogP contribution is -1.81. The Kier molecular flexibility index (Phi) is 1.73. The summed E-state index contributed by atoms with van der Waals surface area (Å²) in [6.07, 6.45) is 0. The molecule has 0 fully saturated rings. The molecular weight excluding hydrogens is 122 g/mol. The summed E-state index contributed by atoms with van der Waals surface area (Å²) in [6.45, 7) is 4.00. The summed E-state index contributed by atoms with van der Waals surface area (Å²) < 4.78 is 0. The lowest BCUT2D eigenvalue weighted by molar-refractivity contribution is 1.32. The van der Waals surface area contributed by atoms with Crippen LogP contribution in [0.15, 0.2) is 12.1 Å². The van der Waals surface area contributed by atoms with Crippen LogP contribution in [0, 0.1) is 31.2 Å². The molecule has 0 aliphatic heterocycles. The minimum absolute atomic E-state index is 0.614. The summed E-state index contributed by atoms with van der Waals surface area (Å²) in [6, 6.07) is 8.59. The Morgan fingerprint density at radius 1 is 1.40 bits per heavy atom. The Labute approximate surface area is 60.9 Å². The molecule has 0 heterocycles. The summed E-state index contributed by atoms with van der Waals surface area (Å²) in [5.41, 5.74) is 2.94. The van der Waals surface area contributed by atoms with E-state index in [-0.39, 0.29) is 0 Å². The highest BCUT2D eigenvalue weighted by atomic mass is 14.2. The number of nitrogens with zero attached hydrogens (tertiary/aromatic N) is 1. The molecule has 0 saturated heterocycles. The topological polar surface area (TPSA) is 23.8 Å². The summed E-state index contributed by atoms with van der Waals surface area (Å²) in [5.74, 6) is 0. The van der Waals surface area contributed by atoms with Crippen LogP contribution in [0.1, 0.15) is 16.7 Å². The first-order valence-electron chi connectivity index (χ1n) is 3.13. The molecule has 0 N–H and O–H groups in total. The Morgan fingerprint density at radius 2 is 2.10 bits per heavy atom. The number of aryl methyl sites for hydroxylation is 2. The molecule has 0 atom stereocenters. The van der Waals surface area contributed by atoms with E-state index in [2.05, 4.69) is 6.07 Å². The average molecular weight is 130 g/mol. The van der Waals surface area contributed by atoms with Crippen molar-refractivity contribution < 1.29 is 0 Å². The lowest BCUT2D eigenvalue weighted by atomic mass is 10.1. The van der Waals surface area contributed by atoms with E-state index in [1.54, 1.807) is 0 Å². The fourth-order valence-electron chi connectivity index (χ4n) is 0.736. The molecule has 0 spiro atoms. The summed E-state index contributed by atoms with van der Waals surface area (Å²) >= 11 is 0. The molecule has 0 amide bonds. The van der Waals surface area contributed by atoms with Gasteiger partial charge in [0.2, 0.25) is 0 Å². The minimum Gasteiger partial charge on any atom is -0.192 e. The third-order valence-corrected chi connectivity index (χ3v) is 1.55. The largest absolute Gasteiger partial charge is 0.192 e. The van der Waals surface area contributed by atoms with Crippen molar-refractivity contribution in [3.8, 4) is 6.07 Å². The maximum atomic E-state index is 8.47. The van der Waals surface area contributed by atoms with Gasteiger partial charge >= 0.3 is 0 Å². The molecule has 1 rings (SSSR count). The lowest BCUT2D eigenvalue weighted by Gasteiger charge is -1.96. The van der Waals surface area contributed by atoms with Gasteiger partial charge in [-0.3, -0.25) is 0 Å². The van der Waals surface area contributed by atoms with Crippen LogP contribution in [0.4, 0.5) is 0 Å². The first kappa shape index (κ1) is 6.82. The Bertz CT molecular complexity index is 281. The van der Waals surface area contributed by atoms with Gasteiger partial charge in [-0.25, -0.2) is 0 Å². The average Bonchev–Trinajstić information content (AvgIpc) is 1.95. The van der Waals surface area contributed by atoms with Crippen LogP contribution in [0.25, 0.3) is 0 Å². The standard InChI is InChI=1S/C9H8N/c1-7-3-4-9(6-10)5-8(7)2/h3,5H,1-2H3. The van der Waals surface area contributed by atoms with Crippen molar-refractivity contribution in [1.82, 2.24) is 0 Å². The molecule has 1 radical (unpaired) electrons.